The monoisotopic (exact) mass is 369 g/mol. The molecule has 4 nitrogen and oxygen atoms in total. The summed E-state index contributed by atoms with van der Waals surface area (Å²) < 4.78 is 27.7. The molecule has 0 aliphatic rings. The minimum Gasteiger partial charge on any atom is -0.389 e. The normalized spacial score (nSPS) is 14.2. The lowest BCUT2D eigenvalue weighted by atomic mass is 9.97. The smallest absolute Gasteiger partial charge is 0.240 e. The molecule has 5 heteroatoms. The van der Waals surface area contributed by atoms with Crippen LogP contribution in [0.3, 0.4) is 0 Å². The SMILES string of the molecule is CC(O)(CCc1ccccc1)CNS(=O)(=O)c1ccc2ccccc2c1. The lowest BCUT2D eigenvalue weighted by Crippen LogP contribution is -2.40. The molecule has 0 aromatic heterocycles. The Morgan fingerprint density at radius 2 is 1.58 bits per heavy atom. The molecule has 0 aliphatic heterocycles. The van der Waals surface area contributed by atoms with Gasteiger partial charge in [-0.2, -0.15) is 0 Å². The summed E-state index contributed by atoms with van der Waals surface area (Å²) in [6.45, 7) is 1.62. The van der Waals surface area contributed by atoms with E-state index in [1.807, 2.05) is 54.6 Å². The van der Waals surface area contributed by atoms with Gasteiger partial charge in [0.2, 0.25) is 10.0 Å². The second kappa shape index (κ2) is 7.58. The summed E-state index contributed by atoms with van der Waals surface area (Å²) in [6.07, 6.45) is 1.16. The highest BCUT2D eigenvalue weighted by Crippen LogP contribution is 2.20. The molecular formula is C21H23NO3S. The zero-order valence-electron chi connectivity index (χ0n) is 14.7. The van der Waals surface area contributed by atoms with Crippen LogP contribution in [-0.4, -0.2) is 25.7 Å². The highest BCUT2D eigenvalue weighted by atomic mass is 32.2. The fourth-order valence-electron chi connectivity index (χ4n) is 2.82. The third kappa shape index (κ3) is 4.69. The summed E-state index contributed by atoms with van der Waals surface area (Å²) in [5, 5.41) is 12.4. The molecule has 0 spiro atoms. The molecule has 0 saturated heterocycles. The Morgan fingerprint density at radius 1 is 0.923 bits per heavy atom. The standard InChI is InChI=1S/C21H23NO3S/c1-21(23,14-13-17-7-3-2-4-8-17)16-22-26(24,25)20-12-11-18-9-5-6-10-19(18)15-20/h2-12,15,22-23H,13-14,16H2,1H3. The predicted octanol–water partition coefficient (Wildman–Crippen LogP) is 3.50. The third-order valence-corrected chi connectivity index (χ3v) is 5.87. The zero-order chi connectivity index (χ0) is 18.6. The zero-order valence-corrected chi connectivity index (χ0v) is 15.5. The summed E-state index contributed by atoms with van der Waals surface area (Å²) in [5.74, 6) is 0. The first kappa shape index (κ1) is 18.6. The van der Waals surface area contributed by atoms with Gasteiger partial charge in [0.05, 0.1) is 10.5 Å². The summed E-state index contributed by atoms with van der Waals surface area (Å²) in [7, 11) is -3.68. The molecule has 0 radical (unpaired) electrons. The minimum atomic E-state index is -3.68. The molecule has 136 valence electrons. The maximum atomic E-state index is 12.6. The van der Waals surface area contributed by atoms with Crippen LogP contribution >= 0.6 is 0 Å². The fourth-order valence-corrected chi connectivity index (χ4v) is 4.01. The van der Waals surface area contributed by atoms with E-state index in [0.717, 1.165) is 16.3 Å². The first-order valence-corrected chi connectivity index (χ1v) is 10.1. The van der Waals surface area contributed by atoms with Crippen LogP contribution in [0.15, 0.2) is 77.7 Å². The molecular weight excluding hydrogens is 346 g/mol. The van der Waals surface area contributed by atoms with Gasteiger partial charge in [0.15, 0.2) is 0 Å². The van der Waals surface area contributed by atoms with Crippen LogP contribution in [0.1, 0.15) is 18.9 Å². The molecule has 3 rings (SSSR count). The van der Waals surface area contributed by atoms with E-state index in [1.54, 1.807) is 25.1 Å². The van der Waals surface area contributed by atoms with Gasteiger partial charge >= 0.3 is 0 Å². The van der Waals surface area contributed by atoms with Crippen molar-refractivity contribution >= 4 is 20.8 Å². The number of rotatable bonds is 7. The number of hydrogen-bond donors (Lipinski definition) is 2. The van der Waals surface area contributed by atoms with E-state index in [9.17, 15) is 13.5 Å². The van der Waals surface area contributed by atoms with Crippen molar-refractivity contribution in [1.82, 2.24) is 4.72 Å². The lowest BCUT2D eigenvalue weighted by Gasteiger charge is -2.23. The van der Waals surface area contributed by atoms with Gasteiger partial charge in [-0.25, -0.2) is 13.1 Å². The summed E-state index contributed by atoms with van der Waals surface area (Å²) >= 11 is 0. The van der Waals surface area contributed by atoms with Crippen LogP contribution in [0.4, 0.5) is 0 Å². The van der Waals surface area contributed by atoms with E-state index in [2.05, 4.69) is 4.72 Å². The number of aryl methyl sites for hydroxylation is 1. The molecule has 3 aromatic rings. The van der Waals surface area contributed by atoms with Crippen molar-refractivity contribution in [2.75, 3.05) is 6.54 Å². The summed E-state index contributed by atoms with van der Waals surface area (Å²) in [4.78, 5) is 0.204. The van der Waals surface area contributed by atoms with E-state index >= 15 is 0 Å². The number of aliphatic hydroxyl groups is 1. The van der Waals surface area contributed by atoms with Gasteiger partial charge in [0, 0.05) is 6.54 Å². The molecule has 3 aromatic carbocycles. The van der Waals surface area contributed by atoms with E-state index in [1.165, 1.54) is 0 Å². The van der Waals surface area contributed by atoms with Crippen molar-refractivity contribution in [3.05, 3.63) is 78.4 Å². The molecule has 1 atom stereocenters. The molecule has 1 unspecified atom stereocenters. The minimum absolute atomic E-state index is 0.0327. The Morgan fingerprint density at radius 3 is 2.31 bits per heavy atom. The average molecular weight is 369 g/mol. The summed E-state index contributed by atoms with van der Waals surface area (Å²) in [6, 6.07) is 22.5. The first-order chi connectivity index (χ1) is 12.4. The lowest BCUT2D eigenvalue weighted by molar-refractivity contribution is 0.0565. The van der Waals surface area contributed by atoms with E-state index in [0.29, 0.717) is 12.8 Å². The molecule has 26 heavy (non-hydrogen) atoms. The van der Waals surface area contributed by atoms with Gasteiger partial charge in [-0.15, -0.1) is 0 Å². The Kier molecular flexibility index (Phi) is 5.41. The third-order valence-electron chi connectivity index (χ3n) is 4.47. The van der Waals surface area contributed by atoms with Gasteiger partial charge in [-0.05, 0) is 48.2 Å². The number of benzene rings is 3. The van der Waals surface area contributed by atoms with Crippen molar-refractivity contribution in [2.45, 2.75) is 30.3 Å². The number of nitrogens with one attached hydrogen (secondary N) is 1. The van der Waals surface area contributed by atoms with Gasteiger partial charge in [-0.1, -0.05) is 60.7 Å². The summed E-state index contributed by atoms with van der Waals surface area (Å²) in [5.41, 5.74) is -0.00935. The van der Waals surface area contributed by atoms with Crippen LogP contribution < -0.4 is 4.72 Å². The van der Waals surface area contributed by atoms with E-state index in [-0.39, 0.29) is 11.4 Å². The second-order valence-electron chi connectivity index (χ2n) is 6.82. The fraction of sp³-hybridized carbons (Fsp3) is 0.238. The van der Waals surface area contributed by atoms with Gasteiger partial charge < -0.3 is 5.11 Å². The van der Waals surface area contributed by atoms with Crippen molar-refractivity contribution in [2.24, 2.45) is 0 Å². The molecule has 0 saturated carbocycles. The molecule has 0 heterocycles. The highest BCUT2D eigenvalue weighted by Gasteiger charge is 2.24. The van der Waals surface area contributed by atoms with E-state index in [4.69, 9.17) is 0 Å². The van der Waals surface area contributed by atoms with Gasteiger partial charge in [0.1, 0.15) is 0 Å². The van der Waals surface area contributed by atoms with Crippen molar-refractivity contribution in [3.8, 4) is 0 Å². The largest absolute Gasteiger partial charge is 0.389 e. The van der Waals surface area contributed by atoms with Crippen LogP contribution in [0, 0.1) is 0 Å². The quantitative estimate of drug-likeness (QED) is 0.670. The maximum absolute atomic E-state index is 12.6. The van der Waals surface area contributed by atoms with Crippen LogP contribution in [0.25, 0.3) is 10.8 Å². The topological polar surface area (TPSA) is 66.4 Å². The predicted molar refractivity (Wildman–Crippen MR) is 105 cm³/mol. The Balaban J connectivity index is 1.66. The highest BCUT2D eigenvalue weighted by molar-refractivity contribution is 7.89. The first-order valence-electron chi connectivity index (χ1n) is 8.61. The Bertz CT molecular complexity index is 982. The molecule has 0 amide bonds. The van der Waals surface area contributed by atoms with Crippen molar-refractivity contribution < 1.29 is 13.5 Å². The van der Waals surface area contributed by atoms with Gasteiger partial charge in [-0.3, -0.25) is 0 Å². The number of sulfonamides is 1. The second-order valence-corrected chi connectivity index (χ2v) is 8.58. The Labute approximate surface area is 154 Å². The maximum Gasteiger partial charge on any atom is 0.240 e. The Hall–Kier alpha value is -2.21. The van der Waals surface area contributed by atoms with Crippen molar-refractivity contribution in [3.63, 3.8) is 0 Å². The van der Waals surface area contributed by atoms with Crippen LogP contribution in [0.2, 0.25) is 0 Å². The number of hydrogen-bond acceptors (Lipinski definition) is 3. The van der Waals surface area contributed by atoms with Gasteiger partial charge in [0.25, 0.3) is 0 Å². The van der Waals surface area contributed by atoms with E-state index < -0.39 is 15.6 Å². The molecule has 2 N–H and O–H groups in total. The molecule has 0 aliphatic carbocycles. The number of fused-ring (bicyclic) bond motifs is 1. The van der Waals surface area contributed by atoms with Crippen LogP contribution in [0.5, 0.6) is 0 Å². The average Bonchev–Trinajstić information content (AvgIpc) is 2.66. The molecule has 0 fully saturated rings. The molecule has 0 bridgehead atoms. The van der Waals surface area contributed by atoms with Crippen molar-refractivity contribution in [1.29, 1.82) is 0 Å². The van der Waals surface area contributed by atoms with Crippen LogP contribution in [-0.2, 0) is 16.4 Å².